The number of aromatic nitrogens is 1. The molecule has 0 radical (unpaired) electrons. The Kier molecular flexibility index (Phi) is 4.81. The highest BCUT2D eigenvalue weighted by Gasteiger charge is 2.35. The number of amides is 2. The van der Waals surface area contributed by atoms with Crippen LogP contribution < -0.4 is 4.90 Å². The fourth-order valence-corrected chi connectivity index (χ4v) is 3.01. The maximum Gasteiger partial charge on any atom is 0.276 e. The summed E-state index contributed by atoms with van der Waals surface area (Å²) in [6, 6.07) is 8.64. The zero-order chi connectivity index (χ0) is 18.1. The van der Waals surface area contributed by atoms with Gasteiger partial charge in [0.1, 0.15) is 12.3 Å². The van der Waals surface area contributed by atoms with Gasteiger partial charge in [0.2, 0.25) is 5.91 Å². The summed E-state index contributed by atoms with van der Waals surface area (Å²) in [6.45, 7) is 6.23. The SMILES string of the molecule is CC(C)c1cc(C(=O)N2CC(=O)N(c3cccc(Cl)c3)C[C@@H]2C)no1. The van der Waals surface area contributed by atoms with Crippen molar-refractivity contribution in [2.75, 3.05) is 18.0 Å². The van der Waals surface area contributed by atoms with Gasteiger partial charge in [-0.05, 0) is 25.1 Å². The third-order valence-electron chi connectivity index (χ3n) is 4.28. The van der Waals surface area contributed by atoms with Crippen LogP contribution in [0.1, 0.15) is 42.9 Å². The van der Waals surface area contributed by atoms with Gasteiger partial charge in [0, 0.05) is 35.3 Å². The third-order valence-corrected chi connectivity index (χ3v) is 4.52. The molecule has 0 unspecified atom stereocenters. The molecule has 2 amide bonds. The van der Waals surface area contributed by atoms with Crippen LogP contribution in [0.25, 0.3) is 0 Å². The topological polar surface area (TPSA) is 66.7 Å². The fourth-order valence-electron chi connectivity index (χ4n) is 2.83. The maximum atomic E-state index is 12.7. The predicted molar refractivity (Wildman–Crippen MR) is 94.9 cm³/mol. The van der Waals surface area contributed by atoms with Crippen molar-refractivity contribution in [3.63, 3.8) is 0 Å². The number of benzene rings is 1. The molecular formula is C18H20ClN3O3. The number of hydrogen-bond donors (Lipinski definition) is 0. The lowest BCUT2D eigenvalue weighted by Gasteiger charge is -2.39. The second-order valence-electron chi connectivity index (χ2n) is 6.54. The first-order valence-electron chi connectivity index (χ1n) is 8.20. The van der Waals surface area contributed by atoms with Crippen molar-refractivity contribution in [1.29, 1.82) is 0 Å². The molecule has 2 aromatic rings. The Morgan fingerprint density at radius 2 is 2.12 bits per heavy atom. The first kappa shape index (κ1) is 17.5. The molecule has 1 aliphatic rings. The van der Waals surface area contributed by atoms with E-state index in [9.17, 15) is 9.59 Å². The van der Waals surface area contributed by atoms with Crippen molar-refractivity contribution in [3.8, 4) is 0 Å². The lowest BCUT2D eigenvalue weighted by molar-refractivity contribution is -0.121. The minimum atomic E-state index is -0.290. The van der Waals surface area contributed by atoms with Gasteiger partial charge < -0.3 is 14.3 Å². The zero-order valence-electron chi connectivity index (χ0n) is 14.4. The van der Waals surface area contributed by atoms with Gasteiger partial charge in [0.15, 0.2) is 5.69 Å². The Balaban J connectivity index is 1.77. The van der Waals surface area contributed by atoms with Crippen molar-refractivity contribution in [2.45, 2.75) is 32.7 Å². The largest absolute Gasteiger partial charge is 0.360 e. The van der Waals surface area contributed by atoms with Crippen LogP contribution in [0, 0.1) is 0 Å². The summed E-state index contributed by atoms with van der Waals surface area (Å²) in [5, 5.41) is 4.42. The van der Waals surface area contributed by atoms with E-state index in [-0.39, 0.29) is 36.0 Å². The second-order valence-corrected chi connectivity index (χ2v) is 6.97. The minimum Gasteiger partial charge on any atom is -0.360 e. The van der Waals surface area contributed by atoms with Gasteiger partial charge in [-0.2, -0.15) is 0 Å². The number of hydrogen-bond acceptors (Lipinski definition) is 4. The highest BCUT2D eigenvalue weighted by Crippen LogP contribution is 2.24. The third kappa shape index (κ3) is 3.54. The van der Waals surface area contributed by atoms with Crippen molar-refractivity contribution < 1.29 is 14.1 Å². The molecule has 1 saturated heterocycles. The molecule has 1 aromatic carbocycles. The van der Waals surface area contributed by atoms with E-state index < -0.39 is 0 Å². The lowest BCUT2D eigenvalue weighted by Crippen LogP contribution is -2.57. The van der Waals surface area contributed by atoms with Gasteiger partial charge in [-0.25, -0.2) is 0 Å². The minimum absolute atomic E-state index is 0.00359. The van der Waals surface area contributed by atoms with Crippen molar-refractivity contribution in [2.24, 2.45) is 0 Å². The summed E-state index contributed by atoms with van der Waals surface area (Å²) in [6.07, 6.45) is 0. The molecule has 132 valence electrons. The molecule has 0 saturated carbocycles. The summed E-state index contributed by atoms with van der Waals surface area (Å²) in [4.78, 5) is 28.4. The summed E-state index contributed by atoms with van der Waals surface area (Å²) in [7, 11) is 0. The molecule has 25 heavy (non-hydrogen) atoms. The second kappa shape index (κ2) is 6.88. The highest BCUT2D eigenvalue weighted by molar-refractivity contribution is 6.30. The summed E-state index contributed by atoms with van der Waals surface area (Å²) in [5.74, 6) is 0.358. The monoisotopic (exact) mass is 361 g/mol. The maximum absolute atomic E-state index is 12.7. The van der Waals surface area contributed by atoms with Crippen LogP contribution in [0.4, 0.5) is 5.69 Å². The molecule has 1 aliphatic heterocycles. The average molecular weight is 362 g/mol. The Morgan fingerprint density at radius 1 is 1.36 bits per heavy atom. The lowest BCUT2D eigenvalue weighted by atomic mass is 10.1. The van der Waals surface area contributed by atoms with Crippen LogP contribution in [-0.4, -0.2) is 41.0 Å². The summed E-state index contributed by atoms with van der Waals surface area (Å²) >= 11 is 6.01. The van der Waals surface area contributed by atoms with E-state index in [2.05, 4.69) is 5.16 Å². The van der Waals surface area contributed by atoms with E-state index in [1.165, 1.54) is 4.90 Å². The summed E-state index contributed by atoms with van der Waals surface area (Å²) < 4.78 is 5.20. The molecule has 6 nitrogen and oxygen atoms in total. The van der Waals surface area contributed by atoms with Crippen molar-refractivity contribution >= 4 is 29.1 Å². The Labute approximate surface area is 151 Å². The molecule has 0 N–H and O–H groups in total. The van der Waals surface area contributed by atoms with Gasteiger partial charge in [0.25, 0.3) is 5.91 Å². The molecule has 7 heteroatoms. The van der Waals surface area contributed by atoms with Crippen LogP contribution >= 0.6 is 11.6 Å². The molecule has 1 atom stereocenters. The van der Waals surface area contributed by atoms with Gasteiger partial charge in [-0.1, -0.05) is 36.7 Å². The number of halogens is 1. The van der Waals surface area contributed by atoms with E-state index >= 15 is 0 Å². The molecule has 0 bridgehead atoms. The van der Waals surface area contributed by atoms with Crippen LogP contribution in [-0.2, 0) is 4.79 Å². The Morgan fingerprint density at radius 3 is 2.76 bits per heavy atom. The fraction of sp³-hybridized carbons (Fsp3) is 0.389. The van der Waals surface area contributed by atoms with Crippen LogP contribution in [0.5, 0.6) is 0 Å². The number of rotatable bonds is 3. The quantitative estimate of drug-likeness (QED) is 0.841. The predicted octanol–water partition coefficient (Wildman–Crippen LogP) is 3.33. The molecule has 0 spiro atoms. The molecular weight excluding hydrogens is 342 g/mol. The first-order valence-corrected chi connectivity index (χ1v) is 8.58. The average Bonchev–Trinajstić information content (AvgIpc) is 3.06. The van der Waals surface area contributed by atoms with Crippen molar-refractivity contribution in [3.05, 3.63) is 46.8 Å². The van der Waals surface area contributed by atoms with E-state index in [0.717, 1.165) is 5.69 Å². The Hall–Kier alpha value is -2.34. The first-order chi connectivity index (χ1) is 11.9. The standard InChI is InChI=1S/C18H20ClN3O3/c1-11(2)16-8-15(20-25-16)18(24)21-10-17(23)22(9-12(21)3)14-6-4-5-13(19)7-14/h4-8,11-12H,9-10H2,1-3H3/t12-/m0/s1. The molecule has 2 heterocycles. The van der Waals surface area contributed by atoms with Crippen LogP contribution in [0.15, 0.2) is 34.9 Å². The number of carbonyl (C=O) groups is 2. The number of carbonyl (C=O) groups excluding carboxylic acids is 2. The smallest absolute Gasteiger partial charge is 0.276 e. The normalized spacial score (nSPS) is 18.1. The number of nitrogens with zero attached hydrogens (tertiary/aromatic N) is 3. The van der Waals surface area contributed by atoms with Gasteiger partial charge in [-0.15, -0.1) is 0 Å². The Bertz CT molecular complexity index is 802. The van der Waals surface area contributed by atoms with Crippen LogP contribution in [0.2, 0.25) is 5.02 Å². The molecule has 1 fully saturated rings. The van der Waals surface area contributed by atoms with Crippen molar-refractivity contribution in [1.82, 2.24) is 10.1 Å². The van der Waals surface area contributed by atoms with Gasteiger partial charge >= 0.3 is 0 Å². The van der Waals surface area contributed by atoms with Crippen LogP contribution in [0.3, 0.4) is 0 Å². The zero-order valence-corrected chi connectivity index (χ0v) is 15.2. The summed E-state index contributed by atoms with van der Waals surface area (Å²) in [5.41, 5.74) is 0.972. The van der Waals surface area contributed by atoms with E-state index in [1.54, 1.807) is 29.2 Å². The highest BCUT2D eigenvalue weighted by atomic mass is 35.5. The molecule has 3 rings (SSSR count). The molecule has 0 aliphatic carbocycles. The number of piperazine rings is 1. The molecule has 1 aromatic heterocycles. The van der Waals surface area contributed by atoms with E-state index in [4.69, 9.17) is 16.1 Å². The van der Waals surface area contributed by atoms with E-state index in [0.29, 0.717) is 17.3 Å². The van der Waals surface area contributed by atoms with E-state index in [1.807, 2.05) is 26.8 Å². The number of anilines is 1. The van der Waals surface area contributed by atoms with Gasteiger partial charge in [0.05, 0.1) is 0 Å². The van der Waals surface area contributed by atoms with Gasteiger partial charge in [-0.3, -0.25) is 9.59 Å².